The number of aliphatic hydroxyl groups excluding tert-OH is 1. The van der Waals surface area contributed by atoms with Crippen molar-refractivity contribution in [3.63, 3.8) is 0 Å². The van der Waals surface area contributed by atoms with Gasteiger partial charge in [0.05, 0.1) is 29.5 Å². The standard InChI is InChI=1S/C13H14BrFN2O2/c1-19-6-5-17-12(11(14)8-16-17)13(18)9-3-2-4-10(15)7-9/h2-4,7-8,13,18H,5-6H2,1H3. The van der Waals surface area contributed by atoms with Crippen molar-refractivity contribution < 1.29 is 14.2 Å². The highest BCUT2D eigenvalue weighted by molar-refractivity contribution is 9.10. The average Bonchev–Trinajstić information content (AvgIpc) is 2.76. The van der Waals surface area contributed by atoms with Crippen LogP contribution in [0.3, 0.4) is 0 Å². The van der Waals surface area contributed by atoms with Crippen LogP contribution in [0.15, 0.2) is 34.9 Å². The first-order valence-corrected chi connectivity index (χ1v) is 6.56. The average molecular weight is 329 g/mol. The molecule has 1 atom stereocenters. The van der Waals surface area contributed by atoms with Gasteiger partial charge in [0.15, 0.2) is 0 Å². The molecule has 0 aliphatic rings. The highest BCUT2D eigenvalue weighted by Crippen LogP contribution is 2.28. The second-order valence-corrected chi connectivity index (χ2v) is 4.91. The largest absolute Gasteiger partial charge is 0.383 e. The zero-order chi connectivity index (χ0) is 13.8. The Kier molecular flexibility index (Phi) is 4.68. The van der Waals surface area contributed by atoms with Crippen LogP contribution in [0.25, 0.3) is 0 Å². The molecule has 0 amide bonds. The molecule has 19 heavy (non-hydrogen) atoms. The van der Waals surface area contributed by atoms with Crippen molar-refractivity contribution in [2.45, 2.75) is 12.6 Å². The van der Waals surface area contributed by atoms with Crippen LogP contribution >= 0.6 is 15.9 Å². The molecule has 2 aromatic rings. The minimum atomic E-state index is -0.940. The van der Waals surface area contributed by atoms with E-state index in [0.29, 0.717) is 28.9 Å². The van der Waals surface area contributed by atoms with Gasteiger partial charge < -0.3 is 9.84 Å². The summed E-state index contributed by atoms with van der Waals surface area (Å²) in [5.41, 5.74) is 1.07. The maximum atomic E-state index is 13.2. The molecule has 0 radical (unpaired) electrons. The normalized spacial score (nSPS) is 12.6. The van der Waals surface area contributed by atoms with Gasteiger partial charge in [0.25, 0.3) is 0 Å². The van der Waals surface area contributed by atoms with E-state index in [2.05, 4.69) is 21.0 Å². The number of hydrogen-bond acceptors (Lipinski definition) is 3. The summed E-state index contributed by atoms with van der Waals surface area (Å²) in [4.78, 5) is 0. The maximum Gasteiger partial charge on any atom is 0.123 e. The predicted octanol–water partition coefficient (Wildman–Crippen LogP) is 2.51. The number of benzene rings is 1. The van der Waals surface area contributed by atoms with Gasteiger partial charge in [-0.1, -0.05) is 12.1 Å². The number of aliphatic hydroxyl groups is 1. The van der Waals surface area contributed by atoms with E-state index in [4.69, 9.17) is 4.74 Å². The van der Waals surface area contributed by atoms with Gasteiger partial charge in [-0.05, 0) is 33.6 Å². The van der Waals surface area contributed by atoms with Crippen molar-refractivity contribution in [1.29, 1.82) is 0 Å². The third-order valence-corrected chi connectivity index (χ3v) is 3.37. The van der Waals surface area contributed by atoms with Crippen molar-refractivity contribution >= 4 is 15.9 Å². The van der Waals surface area contributed by atoms with Gasteiger partial charge in [-0.2, -0.15) is 5.10 Å². The number of methoxy groups -OCH3 is 1. The fourth-order valence-electron chi connectivity index (χ4n) is 1.83. The highest BCUT2D eigenvalue weighted by Gasteiger charge is 2.19. The summed E-state index contributed by atoms with van der Waals surface area (Å²) in [6.45, 7) is 1.00. The van der Waals surface area contributed by atoms with E-state index in [-0.39, 0.29) is 5.82 Å². The van der Waals surface area contributed by atoms with Crippen LogP contribution in [-0.2, 0) is 11.3 Å². The van der Waals surface area contributed by atoms with Crippen molar-refractivity contribution in [2.75, 3.05) is 13.7 Å². The number of halogens is 2. The molecule has 6 heteroatoms. The minimum absolute atomic E-state index is 0.379. The molecule has 4 nitrogen and oxygen atoms in total. The Morgan fingerprint density at radius 2 is 2.32 bits per heavy atom. The summed E-state index contributed by atoms with van der Waals surface area (Å²) in [6, 6.07) is 5.89. The SMILES string of the molecule is COCCn1ncc(Br)c1C(O)c1cccc(F)c1. The molecule has 0 aliphatic carbocycles. The summed E-state index contributed by atoms with van der Waals surface area (Å²) in [5.74, 6) is -0.379. The van der Waals surface area contributed by atoms with Gasteiger partial charge in [-0.25, -0.2) is 4.39 Å². The molecule has 0 spiro atoms. The Hall–Kier alpha value is -1.24. The van der Waals surface area contributed by atoms with E-state index in [1.165, 1.54) is 12.1 Å². The van der Waals surface area contributed by atoms with Crippen LogP contribution in [0.5, 0.6) is 0 Å². The molecule has 0 saturated heterocycles. The van der Waals surface area contributed by atoms with Crippen LogP contribution in [-0.4, -0.2) is 28.6 Å². The second-order valence-electron chi connectivity index (χ2n) is 4.05. The van der Waals surface area contributed by atoms with E-state index in [0.717, 1.165) is 0 Å². The number of nitrogens with zero attached hydrogens (tertiary/aromatic N) is 2. The van der Waals surface area contributed by atoms with Crippen molar-refractivity contribution in [1.82, 2.24) is 9.78 Å². The molecule has 1 aromatic heterocycles. The van der Waals surface area contributed by atoms with E-state index >= 15 is 0 Å². The molecule has 0 aliphatic heterocycles. The zero-order valence-electron chi connectivity index (χ0n) is 10.4. The van der Waals surface area contributed by atoms with Crippen LogP contribution in [0.1, 0.15) is 17.4 Å². The summed E-state index contributed by atoms with van der Waals surface area (Å²) >= 11 is 3.35. The number of ether oxygens (including phenoxy) is 1. The minimum Gasteiger partial charge on any atom is -0.383 e. The molecule has 0 bridgehead atoms. The molecule has 1 aromatic carbocycles. The molecule has 102 valence electrons. The monoisotopic (exact) mass is 328 g/mol. The third-order valence-electron chi connectivity index (χ3n) is 2.76. The second kappa shape index (κ2) is 6.27. The summed E-state index contributed by atoms with van der Waals surface area (Å²) in [5, 5.41) is 14.5. The lowest BCUT2D eigenvalue weighted by Crippen LogP contribution is -2.13. The third kappa shape index (κ3) is 3.20. The summed E-state index contributed by atoms with van der Waals surface area (Å²) in [7, 11) is 1.60. The summed E-state index contributed by atoms with van der Waals surface area (Å²) < 4.78 is 20.5. The molecule has 0 fully saturated rings. The Labute approximate surface area is 118 Å². The molecule has 2 rings (SSSR count). The molecule has 0 saturated carbocycles. The smallest absolute Gasteiger partial charge is 0.123 e. The van der Waals surface area contributed by atoms with Crippen LogP contribution < -0.4 is 0 Å². The van der Waals surface area contributed by atoms with Gasteiger partial charge in [-0.3, -0.25) is 4.68 Å². The van der Waals surface area contributed by atoms with Crippen molar-refractivity contribution in [3.05, 3.63) is 52.0 Å². The van der Waals surface area contributed by atoms with Gasteiger partial charge in [0.1, 0.15) is 11.9 Å². The molecule has 1 N–H and O–H groups in total. The van der Waals surface area contributed by atoms with Gasteiger partial charge in [-0.15, -0.1) is 0 Å². The van der Waals surface area contributed by atoms with E-state index in [1.54, 1.807) is 30.1 Å². The lowest BCUT2D eigenvalue weighted by atomic mass is 10.1. The first-order chi connectivity index (χ1) is 9.13. The Morgan fingerprint density at radius 1 is 1.53 bits per heavy atom. The Balaban J connectivity index is 2.32. The number of aromatic nitrogens is 2. The van der Waals surface area contributed by atoms with Crippen molar-refractivity contribution in [2.24, 2.45) is 0 Å². The van der Waals surface area contributed by atoms with E-state index in [1.807, 2.05) is 0 Å². The summed E-state index contributed by atoms with van der Waals surface area (Å²) in [6.07, 6.45) is 0.664. The Bertz CT molecular complexity index is 559. The fourth-order valence-corrected chi connectivity index (χ4v) is 2.35. The predicted molar refractivity (Wildman–Crippen MR) is 72.3 cm³/mol. The van der Waals surface area contributed by atoms with E-state index < -0.39 is 6.10 Å². The fraction of sp³-hybridized carbons (Fsp3) is 0.308. The first kappa shape index (κ1) is 14.2. The molecule has 1 unspecified atom stereocenters. The zero-order valence-corrected chi connectivity index (χ0v) is 12.0. The lowest BCUT2D eigenvalue weighted by molar-refractivity contribution is 0.171. The molecular weight excluding hydrogens is 315 g/mol. The van der Waals surface area contributed by atoms with Crippen LogP contribution in [0, 0.1) is 5.82 Å². The van der Waals surface area contributed by atoms with Gasteiger partial charge in [0.2, 0.25) is 0 Å². The van der Waals surface area contributed by atoms with Crippen LogP contribution in [0.4, 0.5) is 4.39 Å². The quantitative estimate of drug-likeness (QED) is 0.917. The van der Waals surface area contributed by atoms with Gasteiger partial charge >= 0.3 is 0 Å². The number of hydrogen-bond donors (Lipinski definition) is 1. The van der Waals surface area contributed by atoms with Gasteiger partial charge in [0, 0.05) is 7.11 Å². The molecule has 1 heterocycles. The topological polar surface area (TPSA) is 47.3 Å². The van der Waals surface area contributed by atoms with E-state index in [9.17, 15) is 9.50 Å². The van der Waals surface area contributed by atoms with Crippen molar-refractivity contribution in [3.8, 4) is 0 Å². The first-order valence-electron chi connectivity index (χ1n) is 5.77. The highest BCUT2D eigenvalue weighted by atomic mass is 79.9. The van der Waals surface area contributed by atoms with Crippen LogP contribution in [0.2, 0.25) is 0 Å². The lowest BCUT2D eigenvalue weighted by Gasteiger charge is -2.14. The molecular formula is C13H14BrFN2O2. The Morgan fingerprint density at radius 3 is 3.00 bits per heavy atom. The number of rotatable bonds is 5. The maximum absolute atomic E-state index is 13.2.